The summed E-state index contributed by atoms with van der Waals surface area (Å²) in [4.78, 5) is 4.48. The number of hydrogen-bond donors (Lipinski definition) is 0. The van der Waals surface area contributed by atoms with E-state index in [9.17, 15) is 4.39 Å². The van der Waals surface area contributed by atoms with Crippen molar-refractivity contribution in [3.05, 3.63) is 47.4 Å². The van der Waals surface area contributed by atoms with Gasteiger partial charge in [0.1, 0.15) is 0 Å². The van der Waals surface area contributed by atoms with Gasteiger partial charge in [-0.05, 0) is 22.7 Å². The average molecular weight is 524 g/mol. The Morgan fingerprint density at radius 1 is 1.25 bits per heavy atom. The summed E-state index contributed by atoms with van der Waals surface area (Å²) in [5.74, 6) is -0.603. The zero-order chi connectivity index (χ0) is 19.9. The van der Waals surface area contributed by atoms with Crippen LogP contribution in [0.15, 0.2) is 24.4 Å². The first-order valence-corrected chi connectivity index (χ1v) is 11.4. The third kappa shape index (κ3) is 5.34. The van der Waals surface area contributed by atoms with Crippen LogP contribution in [-0.4, -0.2) is 13.1 Å². The van der Waals surface area contributed by atoms with Crippen molar-refractivity contribution < 1.29 is 28.6 Å². The Labute approximate surface area is 164 Å². The normalized spacial score (nSPS) is 14.4. The summed E-state index contributed by atoms with van der Waals surface area (Å²) in [7, 11) is -1.59. The van der Waals surface area contributed by atoms with Crippen LogP contribution in [-0.2, 0) is 26.5 Å². The molecular weight excluding hydrogens is 494 g/mol. The van der Waals surface area contributed by atoms with E-state index in [0.717, 1.165) is 12.5 Å². The second-order valence-electron chi connectivity index (χ2n) is 8.33. The number of hydrogen-bond acceptors (Lipinski definition) is 1. The van der Waals surface area contributed by atoms with Crippen LogP contribution in [0.4, 0.5) is 4.39 Å². The molecule has 24 heavy (non-hydrogen) atoms. The van der Waals surface area contributed by atoms with E-state index in [0.29, 0.717) is 5.69 Å². The van der Waals surface area contributed by atoms with E-state index in [1.165, 1.54) is 16.8 Å². The van der Waals surface area contributed by atoms with E-state index < -0.39 is 20.7 Å². The van der Waals surface area contributed by atoms with Crippen molar-refractivity contribution >= 4 is 13.3 Å². The van der Waals surface area contributed by atoms with Crippen LogP contribution in [0.2, 0.25) is 19.6 Å². The molecule has 1 heterocycles. The van der Waals surface area contributed by atoms with Gasteiger partial charge in [0.25, 0.3) is 0 Å². The Hall–Kier alpha value is -0.834. The van der Waals surface area contributed by atoms with Crippen molar-refractivity contribution in [3.8, 4) is 11.3 Å². The molecule has 0 N–H and O–H groups in total. The molecule has 0 aliphatic rings. The number of pyridine rings is 1. The minimum absolute atomic E-state index is 0. The van der Waals surface area contributed by atoms with E-state index in [-0.39, 0.29) is 36.6 Å². The first-order valence-electron chi connectivity index (χ1n) is 9.40. The topological polar surface area (TPSA) is 12.9 Å². The van der Waals surface area contributed by atoms with Gasteiger partial charge in [-0.1, -0.05) is 64.5 Å². The zero-order valence-electron chi connectivity index (χ0n) is 18.2. The number of aromatic nitrogens is 1. The molecule has 2 rings (SSSR count). The standard InChI is InChI=1S/C20H27FNSi.Ir/c1-14-8-9-16(17(21)10-14)18-11-15(12-20(2,3)4)19(13-22-18)23(5,6)7;/h8,10-11,13H,12H2,1-7H3;/q-1;/i1D3;. The molecule has 2 aromatic rings. The van der Waals surface area contributed by atoms with E-state index in [1.807, 2.05) is 12.3 Å². The predicted molar refractivity (Wildman–Crippen MR) is 99.3 cm³/mol. The van der Waals surface area contributed by atoms with Crippen molar-refractivity contribution in [3.63, 3.8) is 0 Å². The van der Waals surface area contributed by atoms with Gasteiger partial charge < -0.3 is 4.98 Å². The van der Waals surface area contributed by atoms with Gasteiger partial charge in [-0.15, -0.1) is 23.8 Å². The van der Waals surface area contributed by atoms with Gasteiger partial charge in [0, 0.05) is 36.2 Å². The van der Waals surface area contributed by atoms with E-state index >= 15 is 0 Å². The summed E-state index contributed by atoms with van der Waals surface area (Å²) in [6, 6.07) is 7.14. The molecule has 0 atom stereocenters. The fraction of sp³-hybridized carbons (Fsp3) is 0.450. The maximum absolute atomic E-state index is 14.6. The molecule has 1 radical (unpaired) electrons. The Morgan fingerprint density at radius 3 is 2.42 bits per heavy atom. The molecule has 0 spiro atoms. The van der Waals surface area contributed by atoms with Crippen molar-refractivity contribution in [1.29, 1.82) is 0 Å². The van der Waals surface area contributed by atoms with Crippen LogP contribution < -0.4 is 5.19 Å². The number of nitrogens with zero attached hydrogens (tertiary/aromatic N) is 1. The molecule has 0 amide bonds. The number of aryl methyl sites for hydroxylation is 1. The van der Waals surface area contributed by atoms with Gasteiger partial charge in [0.15, 0.2) is 0 Å². The number of halogens is 1. The van der Waals surface area contributed by atoms with E-state index in [2.05, 4.69) is 51.5 Å². The van der Waals surface area contributed by atoms with Crippen molar-refractivity contribution in [2.45, 2.75) is 53.7 Å². The first-order chi connectivity index (χ1) is 11.7. The fourth-order valence-corrected chi connectivity index (χ4v) is 4.27. The molecule has 1 nitrogen and oxygen atoms in total. The third-order valence-electron chi connectivity index (χ3n) is 3.67. The molecule has 0 unspecified atom stereocenters. The number of rotatable bonds is 3. The fourth-order valence-electron chi connectivity index (χ4n) is 2.69. The second kappa shape index (κ2) is 7.59. The van der Waals surface area contributed by atoms with Crippen molar-refractivity contribution in [2.24, 2.45) is 5.41 Å². The Morgan fingerprint density at radius 2 is 1.92 bits per heavy atom. The maximum Gasteiger partial charge on any atom is 0.0798 e. The van der Waals surface area contributed by atoms with Crippen molar-refractivity contribution in [1.82, 2.24) is 4.98 Å². The monoisotopic (exact) mass is 524 g/mol. The molecule has 133 valence electrons. The first kappa shape index (κ1) is 16.6. The van der Waals surface area contributed by atoms with Gasteiger partial charge in [-0.2, -0.15) is 0 Å². The second-order valence-corrected chi connectivity index (χ2v) is 13.4. The molecular formula is C20H27FIrNSi-. The van der Waals surface area contributed by atoms with Crippen molar-refractivity contribution in [2.75, 3.05) is 0 Å². The molecule has 0 saturated carbocycles. The maximum atomic E-state index is 14.6. The molecule has 0 aliphatic heterocycles. The SMILES string of the molecule is [2H]C([2H])([2H])c1c[c-]c(-c2cc(CC(C)(C)C)c([Si](C)(C)C)cn2)c(F)c1.[Ir]. The van der Waals surface area contributed by atoms with Crippen LogP contribution >= 0.6 is 0 Å². The van der Waals surface area contributed by atoms with Gasteiger partial charge in [0.05, 0.1) is 8.07 Å². The van der Waals surface area contributed by atoms with E-state index in [4.69, 9.17) is 4.11 Å². The molecule has 0 fully saturated rings. The summed E-state index contributed by atoms with van der Waals surface area (Å²) >= 11 is 0. The Balaban J connectivity index is 0.00000364. The van der Waals surface area contributed by atoms with Gasteiger partial charge in [-0.25, -0.2) is 0 Å². The summed E-state index contributed by atoms with van der Waals surface area (Å²) < 4.78 is 36.8. The van der Waals surface area contributed by atoms with Gasteiger partial charge >= 0.3 is 0 Å². The average Bonchev–Trinajstić information content (AvgIpc) is 2.43. The summed E-state index contributed by atoms with van der Waals surface area (Å²) in [5.41, 5.74) is 1.96. The summed E-state index contributed by atoms with van der Waals surface area (Å²) in [6.07, 6.45) is 2.74. The van der Waals surface area contributed by atoms with E-state index in [1.54, 1.807) is 0 Å². The molecule has 1 aromatic carbocycles. The Kier molecular flexibility index (Phi) is 5.26. The zero-order valence-corrected chi connectivity index (χ0v) is 18.6. The summed E-state index contributed by atoms with van der Waals surface area (Å²) in [5, 5.41) is 1.27. The minimum Gasteiger partial charge on any atom is -0.305 e. The smallest absolute Gasteiger partial charge is 0.0798 e. The van der Waals surface area contributed by atoms with Crippen LogP contribution in [0.3, 0.4) is 0 Å². The number of benzene rings is 1. The molecule has 4 heteroatoms. The quantitative estimate of drug-likeness (QED) is 0.402. The molecule has 0 saturated heterocycles. The van der Waals surface area contributed by atoms with Crippen LogP contribution in [0.1, 0.15) is 36.0 Å². The predicted octanol–water partition coefficient (Wildman–Crippen LogP) is 5.13. The van der Waals surface area contributed by atoms with Gasteiger partial charge in [-0.3, -0.25) is 4.39 Å². The van der Waals surface area contributed by atoms with Gasteiger partial charge in [0.2, 0.25) is 0 Å². The van der Waals surface area contributed by atoms with Crippen LogP contribution in [0.25, 0.3) is 11.3 Å². The molecule has 0 bridgehead atoms. The largest absolute Gasteiger partial charge is 0.305 e. The Bertz CT molecular complexity index is 808. The minimum atomic E-state index is -2.34. The third-order valence-corrected chi connectivity index (χ3v) is 5.73. The molecule has 1 aromatic heterocycles. The molecule has 0 aliphatic carbocycles. The summed E-state index contributed by atoms with van der Waals surface area (Å²) in [6.45, 7) is 11.0. The van der Waals surface area contributed by atoms with Crippen LogP contribution in [0, 0.1) is 24.2 Å². The van der Waals surface area contributed by atoms with Crippen LogP contribution in [0.5, 0.6) is 0 Å².